The molecular formula is C13H16ClN3O2S. The second-order valence-corrected chi connectivity index (χ2v) is 7.84. The van der Waals surface area contributed by atoms with Gasteiger partial charge in [0.15, 0.2) is 9.84 Å². The summed E-state index contributed by atoms with van der Waals surface area (Å²) in [4.78, 5) is 4.47. The average Bonchev–Trinajstić information content (AvgIpc) is 2.77. The maximum Gasteiger partial charge on any atom is 0.151 e. The van der Waals surface area contributed by atoms with Crippen LogP contribution in [-0.2, 0) is 16.4 Å². The van der Waals surface area contributed by atoms with E-state index in [1.54, 1.807) is 12.3 Å². The van der Waals surface area contributed by atoms with Gasteiger partial charge in [-0.25, -0.2) is 13.4 Å². The predicted molar refractivity (Wildman–Crippen MR) is 78.7 cm³/mol. The average molecular weight is 314 g/mol. The molecule has 0 amide bonds. The number of aromatic nitrogens is 2. The lowest BCUT2D eigenvalue weighted by Gasteiger charge is -2.22. The molecule has 108 valence electrons. The van der Waals surface area contributed by atoms with Gasteiger partial charge in [-0.15, -0.1) is 0 Å². The van der Waals surface area contributed by atoms with Crippen molar-refractivity contribution >= 4 is 27.1 Å². The van der Waals surface area contributed by atoms with Gasteiger partial charge < -0.3 is 9.72 Å². The molecule has 1 fully saturated rings. The van der Waals surface area contributed by atoms with Crippen LogP contribution in [0.4, 0.5) is 0 Å². The van der Waals surface area contributed by atoms with E-state index in [1.165, 1.54) is 0 Å². The summed E-state index contributed by atoms with van der Waals surface area (Å²) < 4.78 is 25.0. The predicted octanol–water partition coefficient (Wildman–Crippen LogP) is 1.65. The molecule has 1 saturated heterocycles. The van der Waals surface area contributed by atoms with E-state index >= 15 is 0 Å². The summed E-state index contributed by atoms with van der Waals surface area (Å²) in [5, 5.41) is 3.94. The molecule has 3 rings (SSSR count). The molecule has 0 radical (unpaired) electrons. The first-order valence-corrected chi connectivity index (χ1v) is 8.79. The fourth-order valence-electron chi connectivity index (χ4n) is 2.54. The van der Waals surface area contributed by atoms with Crippen LogP contribution in [0.15, 0.2) is 24.5 Å². The normalized spacial score (nSPS) is 22.1. The van der Waals surface area contributed by atoms with Crippen molar-refractivity contribution in [1.29, 1.82) is 0 Å². The highest BCUT2D eigenvalue weighted by atomic mass is 35.5. The minimum Gasteiger partial charge on any atom is -0.307 e. The number of halogens is 1. The Labute approximate surface area is 122 Å². The van der Waals surface area contributed by atoms with E-state index in [0.29, 0.717) is 17.3 Å². The Morgan fingerprint density at radius 1 is 1.40 bits per heavy atom. The second-order valence-electron chi connectivity index (χ2n) is 5.18. The van der Waals surface area contributed by atoms with Gasteiger partial charge in [0.2, 0.25) is 0 Å². The van der Waals surface area contributed by atoms with Crippen LogP contribution in [-0.4, -0.2) is 35.4 Å². The molecule has 1 N–H and O–H groups in total. The number of pyridine rings is 1. The fraction of sp³-hybridized carbons (Fsp3) is 0.462. The molecule has 0 aromatic carbocycles. The zero-order chi connectivity index (χ0) is 14.2. The van der Waals surface area contributed by atoms with E-state index in [2.05, 4.69) is 10.3 Å². The van der Waals surface area contributed by atoms with Crippen LogP contribution in [0.1, 0.15) is 18.5 Å². The summed E-state index contributed by atoms with van der Waals surface area (Å²) in [6.07, 6.45) is 5.35. The zero-order valence-electron chi connectivity index (χ0n) is 10.9. The highest BCUT2D eigenvalue weighted by molar-refractivity contribution is 7.91. The zero-order valence-corrected chi connectivity index (χ0v) is 12.5. The van der Waals surface area contributed by atoms with Gasteiger partial charge in [0.1, 0.15) is 5.65 Å². The highest BCUT2D eigenvalue weighted by Gasteiger charge is 2.24. The van der Waals surface area contributed by atoms with Crippen molar-refractivity contribution in [2.75, 3.05) is 11.5 Å². The highest BCUT2D eigenvalue weighted by Crippen LogP contribution is 2.14. The van der Waals surface area contributed by atoms with Gasteiger partial charge in [0, 0.05) is 25.0 Å². The summed E-state index contributed by atoms with van der Waals surface area (Å²) in [6, 6.07) is 3.69. The maximum atomic E-state index is 11.6. The van der Waals surface area contributed by atoms with Crippen molar-refractivity contribution in [3.63, 3.8) is 0 Å². The Kier molecular flexibility index (Phi) is 3.70. The third kappa shape index (κ3) is 3.13. The molecule has 20 heavy (non-hydrogen) atoms. The third-order valence-electron chi connectivity index (χ3n) is 3.50. The first-order valence-electron chi connectivity index (χ1n) is 6.59. The summed E-state index contributed by atoms with van der Waals surface area (Å²) in [7, 11) is -2.87. The minimum atomic E-state index is -2.87. The number of rotatable bonds is 3. The minimum absolute atomic E-state index is 0.0298. The molecular weight excluding hydrogens is 298 g/mol. The molecule has 5 nitrogen and oxygen atoms in total. The Balaban J connectivity index is 1.67. The summed E-state index contributed by atoms with van der Waals surface area (Å²) in [5.41, 5.74) is 1.72. The van der Waals surface area contributed by atoms with Crippen LogP contribution >= 0.6 is 11.6 Å². The van der Waals surface area contributed by atoms with Gasteiger partial charge in [-0.1, -0.05) is 11.6 Å². The lowest BCUT2D eigenvalue weighted by molar-refractivity contribution is 0.478. The SMILES string of the molecule is O=S1(=O)CCCC(NCc2cn3cc(Cl)ccc3n2)C1. The Morgan fingerprint density at radius 3 is 3.05 bits per heavy atom. The smallest absolute Gasteiger partial charge is 0.151 e. The van der Waals surface area contributed by atoms with Crippen LogP contribution in [0.3, 0.4) is 0 Å². The van der Waals surface area contributed by atoms with Crippen LogP contribution in [0.25, 0.3) is 5.65 Å². The largest absolute Gasteiger partial charge is 0.307 e. The molecule has 0 bridgehead atoms. The van der Waals surface area contributed by atoms with Crippen molar-refractivity contribution in [3.8, 4) is 0 Å². The molecule has 1 unspecified atom stereocenters. The van der Waals surface area contributed by atoms with E-state index in [9.17, 15) is 8.42 Å². The number of nitrogens with one attached hydrogen (secondary N) is 1. The first-order chi connectivity index (χ1) is 9.52. The van der Waals surface area contributed by atoms with Gasteiger partial charge >= 0.3 is 0 Å². The Bertz CT molecular complexity index is 726. The molecule has 1 atom stereocenters. The number of fused-ring (bicyclic) bond motifs is 1. The molecule has 7 heteroatoms. The van der Waals surface area contributed by atoms with Crippen molar-refractivity contribution in [3.05, 3.63) is 35.2 Å². The molecule has 2 aromatic heterocycles. The molecule has 0 saturated carbocycles. The van der Waals surface area contributed by atoms with Gasteiger partial charge in [-0.2, -0.15) is 0 Å². The third-order valence-corrected chi connectivity index (χ3v) is 5.54. The summed E-state index contributed by atoms with van der Waals surface area (Å²) in [5.74, 6) is 0.546. The fourth-order valence-corrected chi connectivity index (χ4v) is 4.37. The lowest BCUT2D eigenvalue weighted by Crippen LogP contribution is -2.39. The van der Waals surface area contributed by atoms with Crippen LogP contribution in [0.5, 0.6) is 0 Å². The Morgan fingerprint density at radius 2 is 2.25 bits per heavy atom. The van der Waals surface area contributed by atoms with Gasteiger partial charge in [-0.05, 0) is 25.0 Å². The van der Waals surface area contributed by atoms with Crippen molar-refractivity contribution < 1.29 is 8.42 Å². The number of hydrogen-bond acceptors (Lipinski definition) is 4. The summed E-state index contributed by atoms with van der Waals surface area (Å²) in [6.45, 7) is 0.569. The number of imidazole rings is 1. The van der Waals surface area contributed by atoms with Gasteiger partial charge in [0.05, 0.1) is 22.2 Å². The van der Waals surface area contributed by atoms with E-state index in [1.807, 2.05) is 16.7 Å². The van der Waals surface area contributed by atoms with Crippen LogP contribution in [0, 0.1) is 0 Å². The van der Waals surface area contributed by atoms with Crippen LogP contribution < -0.4 is 5.32 Å². The van der Waals surface area contributed by atoms with Gasteiger partial charge in [-0.3, -0.25) is 0 Å². The van der Waals surface area contributed by atoms with Crippen molar-refractivity contribution in [2.24, 2.45) is 0 Å². The second kappa shape index (κ2) is 5.35. The topological polar surface area (TPSA) is 63.5 Å². The van der Waals surface area contributed by atoms with E-state index in [0.717, 1.165) is 24.2 Å². The summed E-state index contributed by atoms with van der Waals surface area (Å²) >= 11 is 5.93. The standard InChI is InChI=1S/C13H16ClN3O2S/c14-10-3-4-13-16-12(8-17(13)7-10)6-15-11-2-1-5-20(18,19)9-11/h3-4,7-8,11,15H,1-2,5-6,9H2. The molecule has 0 spiro atoms. The van der Waals surface area contributed by atoms with E-state index in [4.69, 9.17) is 11.6 Å². The van der Waals surface area contributed by atoms with Gasteiger partial charge in [0.25, 0.3) is 0 Å². The number of hydrogen-bond donors (Lipinski definition) is 1. The number of nitrogens with zero attached hydrogens (tertiary/aromatic N) is 2. The maximum absolute atomic E-state index is 11.6. The molecule has 1 aliphatic heterocycles. The van der Waals surface area contributed by atoms with Crippen molar-refractivity contribution in [1.82, 2.24) is 14.7 Å². The molecule has 3 heterocycles. The quantitative estimate of drug-likeness (QED) is 0.936. The molecule has 2 aromatic rings. The van der Waals surface area contributed by atoms with E-state index < -0.39 is 9.84 Å². The first kappa shape index (κ1) is 13.9. The van der Waals surface area contributed by atoms with E-state index in [-0.39, 0.29) is 11.8 Å². The monoisotopic (exact) mass is 313 g/mol. The van der Waals surface area contributed by atoms with Crippen LogP contribution in [0.2, 0.25) is 5.02 Å². The Hall–Kier alpha value is -1.11. The number of sulfone groups is 1. The lowest BCUT2D eigenvalue weighted by atomic mass is 10.2. The van der Waals surface area contributed by atoms with Crippen molar-refractivity contribution in [2.45, 2.75) is 25.4 Å². The molecule has 0 aliphatic carbocycles. The molecule has 1 aliphatic rings.